The molecule has 0 aliphatic carbocycles. The van der Waals surface area contributed by atoms with Crippen molar-refractivity contribution >= 4 is 17.7 Å². The van der Waals surface area contributed by atoms with Gasteiger partial charge in [0.2, 0.25) is 0 Å². The zero-order valence-electron chi connectivity index (χ0n) is 9.41. The highest BCUT2D eigenvalue weighted by atomic mass is 32.2. The van der Waals surface area contributed by atoms with Crippen LogP contribution < -0.4 is 5.11 Å². The Morgan fingerprint density at radius 1 is 1.33 bits per heavy atom. The molecule has 0 aromatic heterocycles. The normalized spacial score (nSPS) is 12.7. The average Bonchev–Trinajstić information content (AvgIpc) is 2.21. The summed E-state index contributed by atoms with van der Waals surface area (Å²) in [5.74, 6) is -0.266. The van der Waals surface area contributed by atoms with Gasteiger partial charge in [-0.1, -0.05) is 32.6 Å². The van der Waals surface area contributed by atoms with Crippen LogP contribution in [-0.2, 0) is 4.79 Å². The first-order valence-corrected chi connectivity index (χ1v) is 6.70. The molecule has 3 nitrogen and oxygen atoms in total. The fourth-order valence-electron chi connectivity index (χ4n) is 1.32. The third-order valence-electron chi connectivity index (χ3n) is 2.20. The molecule has 15 heavy (non-hydrogen) atoms. The molecular formula is C11H21O3S-. The van der Waals surface area contributed by atoms with E-state index in [-0.39, 0.29) is 6.61 Å². The summed E-state index contributed by atoms with van der Waals surface area (Å²) in [6, 6.07) is 0. The number of carbonyl (C=O) groups excluding carboxylic acids is 1. The number of carboxylic acid groups (broad SMARTS) is 1. The van der Waals surface area contributed by atoms with Gasteiger partial charge in [0, 0.05) is 11.9 Å². The third kappa shape index (κ3) is 8.75. The number of unbranched alkanes of at least 4 members (excludes halogenated alkanes) is 3. The highest BCUT2D eigenvalue weighted by Gasteiger charge is 2.09. The maximum absolute atomic E-state index is 10.8. The van der Waals surface area contributed by atoms with Crippen LogP contribution in [0.2, 0.25) is 0 Å². The zero-order chi connectivity index (χ0) is 11.5. The summed E-state index contributed by atoms with van der Waals surface area (Å²) in [6.45, 7) is 2.26. The fraction of sp³-hybridized carbons (Fsp3) is 0.909. The van der Waals surface area contributed by atoms with Crippen molar-refractivity contribution in [2.45, 2.75) is 50.7 Å². The average molecular weight is 233 g/mol. The molecule has 0 saturated carbocycles. The zero-order valence-corrected chi connectivity index (χ0v) is 10.2. The van der Waals surface area contributed by atoms with Crippen LogP contribution in [0.4, 0.5) is 0 Å². The maximum atomic E-state index is 10.8. The molecule has 1 unspecified atom stereocenters. The summed E-state index contributed by atoms with van der Waals surface area (Å²) in [5, 5.41) is 19.0. The highest BCUT2D eigenvalue weighted by Crippen LogP contribution is 2.18. The minimum atomic E-state index is -0.963. The first-order chi connectivity index (χ1) is 7.22. The van der Waals surface area contributed by atoms with Gasteiger partial charge < -0.3 is 15.0 Å². The molecule has 0 fully saturated rings. The molecule has 0 aromatic carbocycles. The van der Waals surface area contributed by atoms with Gasteiger partial charge in [-0.25, -0.2) is 0 Å². The van der Waals surface area contributed by atoms with Crippen molar-refractivity contribution in [1.82, 2.24) is 0 Å². The van der Waals surface area contributed by atoms with Crippen molar-refractivity contribution in [2.24, 2.45) is 0 Å². The van der Waals surface area contributed by atoms with Gasteiger partial charge in [-0.15, -0.1) is 0 Å². The number of rotatable bonds is 10. The lowest BCUT2D eigenvalue weighted by atomic mass is 10.1. The first kappa shape index (κ1) is 14.8. The fourth-order valence-corrected chi connectivity index (χ4v) is 2.37. The van der Waals surface area contributed by atoms with Crippen molar-refractivity contribution in [3.63, 3.8) is 0 Å². The van der Waals surface area contributed by atoms with Crippen LogP contribution in [0.1, 0.15) is 45.4 Å². The van der Waals surface area contributed by atoms with E-state index in [1.807, 2.05) is 0 Å². The largest absolute Gasteiger partial charge is 0.549 e. The molecule has 4 heteroatoms. The van der Waals surface area contributed by atoms with E-state index in [0.29, 0.717) is 18.6 Å². The lowest BCUT2D eigenvalue weighted by Gasteiger charge is -2.17. The molecule has 0 heterocycles. The van der Waals surface area contributed by atoms with E-state index >= 15 is 0 Å². The second kappa shape index (κ2) is 10.3. The highest BCUT2D eigenvalue weighted by molar-refractivity contribution is 8.00. The molecule has 0 saturated heterocycles. The Morgan fingerprint density at radius 3 is 2.60 bits per heavy atom. The Hall–Kier alpha value is -0.220. The van der Waals surface area contributed by atoms with Gasteiger partial charge in [0.1, 0.15) is 0 Å². The van der Waals surface area contributed by atoms with Crippen molar-refractivity contribution in [3.8, 4) is 0 Å². The van der Waals surface area contributed by atoms with E-state index in [1.165, 1.54) is 18.2 Å². The number of thioether (sulfide) groups is 1. The Balaban J connectivity index is 3.59. The van der Waals surface area contributed by atoms with Gasteiger partial charge in [-0.05, 0) is 18.6 Å². The van der Waals surface area contributed by atoms with Crippen LogP contribution in [0.5, 0.6) is 0 Å². The van der Waals surface area contributed by atoms with Gasteiger partial charge in [-0.3, -0.25) is 0 Å². The Kier molecular flexibility index (Phi) is 10.2. The summed E-state index contributed by atoms with van der Waals surface area (Å²) in [4.78, 5) is 10.8. The van der Waals surface area contributed by atoms with Crippen LogP contribution in [0.15, 0.2) is 0 Å². The van der Waals surface area contributed by atoms with Gasteiger partial charge in [-0.2, -0.15) is 11.8 Å². The lowest BCUT2D eigenvalue weighted by Crippen LogP contribution is -2.33. The summed E-state index contributed by atoms with van der Waals surface area (Å²) in [7, 11) is 0. The minimum Gasteiger partial charge on any atom is -0.549 e. The molecule has 90 valence electrons. The summed E-state index contributed by atoms with van der Waals surface area (Å²) < 4.78 is 0. The second-order valence-corrected chi connectivity index (χ2v) is 4.92. The number of aliphatic hydroxyl groups is 1. The predicted molar refractivity (Wildman–Crippen MR) is 61.7 cm³/mol. The van der Waals surface area contributed by atoms with Crippen LogP contribution in [0.3, 0.4) is 0 Å². The predicted octanol–water partition coefficient (Wildman–Crippen LogP) is 1.19. The molecule has 0 aromatic rings. The van der Waals surface area contributed by atoms with Crippen molar-refractivity contribution in [2.75, 3.05) is 12.4 Å². The van der Waals surface area contributed by atoms with Crippen LogP contribution in [-0.4, -0.2) is 28.7 Å². The van der Waals surface area contributed by atoms with E-state index in [2.05, 4.69) is 6.92 Å². The molecule has 0 rings (SSSR count). The first-order valence-electron chi connectivity index (χ1n) is 5.65. The third-order valence-corrected chi connectivity index (χ3v) is 3.56. The molecule has 0 aliphatic heterocycles. The van der Waals surface area contributed by atoms with Crippen molar-refractivity contribution in [1.29, 1.82) is 0 Å². The Bertz CT molecular complexity index is 162. The van der Waals surface area contributed by atoms with Gasteiger partial charge in [0.15, 0.2) is 0 Å². The molecule has 0 spiro atoms. The Labute approximate surface area is 96.3 Å². The van der Waals surface area contributed by atoms with Crippen LogP contribution in [0.25, 0.3) is 0 Å². The van der Waals surface area contributed by atoms with Crippen molar-refractivity contribution < 1.29 is 15.0 Å². The quantitative estimate of drug-likeness (QED) is 0.576. The SMILES string of the molecule is CCCCCCC(SCCCO)C(=O)[O-]. The molecule has 1 atom stereocenters. The maximum Gasteiger partial charge on any atom is 0.0544 e. The molecule has 1 N–H and O–H groups in total. The van der Waals surface area contributed by atoms with Gasteiger partial charge >= 0.3 is 0 Å². The lowest BCUT2D eigenvalue weighted by molar-refractivity contribution is -0.304. The molecule has 0 amide bonds. The molecule has 0 aliphatic rings. The number of aliphatic hydroxyl groups excluding tert-OH is 1. The standard InChI is InChI=1S/C11H22O3S/c1-2-3-4-5-7-10(11(13)14)15-9-6-8-12/h10,12H,2-9H2,1H3,(H,13,14)/p-1. The van der Waals surface area contributed by atoms with Crippen molar-refractivity contribution in [3.05, 3.63) is 0 Å². The molecule has 0 radical (unpaired) electrons. The minimum absolute atomic E-state index is 0.128. The monoisotopic (exact) mass is 233 g/mol. The van der Waals surface area contributed by atoms with Gasteiger partial charge in [0.25, 0.3) is 0 Å². The second-order valence-electron chi connectivity index (χ2n) is 3.60. The number of aliphatic carboxylic acids is 1. The van der Waals surface area contributed by atoms with Crippen LogP contribution in [0, 0.1) is 0 Å². The van der Waals surface area contributed by atoms with E-state index in [1.54, 1.807) is 0 Å². The number of hydrogen-bond acceptors (Lipinski definition) is 4. The molecular weight excluding hydrogens is 212 g/mol. The number of carboxylic acids is 1. The van der Waals surface area contributed by atoms with E-state index in [4.69, 9.17) is 5.11 Å². The van der Waals surface area contributed by atoms with E-state index < -0.39 is 11.2 Å². The summed E-state index contributed by atoms with van der Waals surface area (Å²) >= 11 is 1.39. The number of carbonyl (C=O) groups is 1. The van der Waals surface area contributed by atoms with Gasteiger partial charge in [0.05, 0.1) is 5.97 Å². The van der Waals surface area contributed by atoms with E-state index in [9.17, 15) is 9.90 Å². The molecule has 0 bridgehead atoms. The smallest absolute Gasteiger partial charge is 0.0544 e. The van der Waals surface area contributed by atoms with E-state index in [0.717, 1.165) is 19.3 Å². The summed E-state index contributed by atoms with van der Waals surface area (Å²) in [6.07, 6.45) is 5.73. The number of hydrogen-bond donors (Lipinski definition) is 1. The topological polar surface area (TPSA) is 60.4 Å². The van der Waals surface area contributed by atoms with Crippen LogP contribution >= 0.6 is 11.8 Å². The summed E-state index contributed by atoms with van der Waals surface area (Å²) in [5.41, 5.74) is 0. The Morgan fingerprint density at radius 2 is 2.07 bits per heavy atom.